The molecule has 1 N–H and O–H groups in total. The number of fused-ring (bicyclic) bond motifs is 1. The second-order valence-electron chi connectivity index (χ2n) is 5.89. The number of aromatic amines is 1. The van der Waals surface area contributed by atoms with Crippen LogP contribution in [0.15, 0.2) is 36.5 Å². The number of nitrogens with zero attached hydrogens (tertiary/aromatic N) is 3. The van der Waals surface area contributed by atoms with Gasteiger partial charge in [0.05, 0.1) is 24.9 Å². The van der Waals surface area contributed by atoms with Crippen LogP contribution >= 0.6 is 0 Å². The summed E-state index contributed by atoms with van der Waals surface area (Å²) in [4.78, 5) is 14.9. The number of morpholine rings is 1. The van der Waals surface area contributed by atoms with Crippen molar-refractivity contribution in [2.75, 3.05) is 19.8 Å². The van der Waals surface area contributed by atoms with E-state index in [9.17, 15) is 9.18 Å². The van der Waals surface area contributed by atoms with E-state index < -0.39 is 0 Å². The fraction of sp³-hybridized carbons (Fsp3) is 0.294. The summed E-state index contributed by atoms with van der Waals surface area (Å²) in [6, 6.07) is 7.91. The summed E-state index contributed by atoms with van der Waals surface area (Å²) in [5, 5.41) is 7.59. The first-order valence-corrected chi connectivity index (χ1v) is 7.78. The monoisotopic (exact) mass is 328 g/mol. The number of halogens is 1. The fourth-order valence-electron chi connectivity index (χ4n) is 3.23. The van der Waals surface area contributed by atoms with Crippen LogP contribution in [0.3, 0.4) is 0 Å². The van der Waals surface area contributed by atoms with Crippen LogP contribution in [0.4, 0.5) is 4.39 Å². The van der Waals surface area contributed by atoms with E-state index in [1.807, 2.05) is 13.1 Å². The van der Waals surface area contributed by atoms with Gasteiger partial charge in [-0.3, -0.25) is 9.89 Å². The molecule has 1 fully saturated rings. The van der Waals surface area contributed by atoms with Gasteiger partial charge in [-0.1, -0.05) is 0 Å². The number of benzene rings is 1. The van der Waals surface area contributed by atoms with Crippen LogP contribution < -0.4 is 0 Å². The van der Waals surface area contributed by atoms with E-state index in [0.29, 0.717) is 30.8 Å². The Morgan fingerprint density at radius 2 is 2.25 bits per heavy atom. The van der Waals surface area contributed by atoms with Crippen molar-refractivity contribution in [1.29, 1.82) is 0 Å². The van der Waals surface area contributed by atoms with Gasteiger partial charge in [-0.2, -0.15) is 5.10 Å². The number of ether oxygens (including phenoxy) is 1. The molecule has 0 spiro atoms. The van der Waals surface area contributed by atoms with Gasteiger partial charge in [-0.15, -0.1) is 0 Å². The molecule has 1 aliphatic rings. The number of hydrogen-bond acceptors (Lipinski definition) is 3. The molecule has 4 rings (SSSR count). The van der Waals surface area contributed by atoms with Gasteiger partial charge >= 0.3 is 0 Å². The topological polar surface area (TPSA) is 63.1 Å². The number of hydrogen-bond donors (Lipinski definition) is 1. The van der Waals surface area contributed by atoms with E-state index in [1.165, 1.54) is 12.1 Å². The summed E-state index contributed by atoms with van der Waals surface area (Å²) >= 11 is 0. The maximum absolute atomic E-state index is 13.4. The van der Waals surface area contributed by atoms with Gasteiger partial charge in [-0.05, 0) is 30.3 Å². The average molecular weight is 328 g/mol. The Kier molecular flexibility index (Phi) is 3.57. The largest absolute Gasteiger partial charge is 0.377 e. The Balaban J connectivity index is 1.73. The molecule has 1 amide bonds. The van der Waals surface area contributed by atoms with Crippen LogP contribution in [0.2, 0.25) is 0 Å². The van der Waals surface area contributed by atoms with Crippen LogP contribution in [-0.4, -0.2) is 45.3 Å². The third-order valence-corrected chi connectivity index (χ3v) is 4.49. The molecule has 1 aromatic carbocycles. The smallest absolute Gasteiger partial charge is 0.271 e. The standard InChI is InChI=1S/C17H17FN4O2/c1-21-14-3-2-12(18)8-11(14)9-15(21)17(23)22-6-7-24-10-16(22)13-4-5-19-20-13/h2-5,8-9,16H,6-7,10H2,1H3,(H,19,20)/t16-/m0/s1. The predicted octanol–water partition coefficient (Wildman–Crippen LogP) is 2.25. The Bertz CT molecular complexity index is 888. The molecule has 24 heavy (non-hydrogen) atoms. The van der Waals surface area contributed by atoms with Crippen molar-refractivity contribution < 1.29 is 13.9 Å². The van der Waals surface area contributed by atoms with Crippen molar-refractivity contribution in [3.8, 4) is 0 Å². The summed E-state index contributed by atoms with van der Waals surface area (Å²) in [6.45, 7) is 1.42. The number of aryl methyl sites for hydroxylation is 1. The van der Waals surface area contributed by atoms with E-state index in [-0.39, 0.29) is 17.8 Å². The Labute approximate surface area is 137 Å². The Hall–Kier alpha value is -2.67. The Morgan fingerprint density at radius 1 is 1.38 bits per heavy atom. The molecule has 0 unspecified atom stereocenters. The highest BCUT2D eigenvalue weighted by Crippen LogP contribution is 2.27. The molecule has 0 aliphatic carbocycles. The van der Waals surface area contributed by atoms with Crippen molar-refractivity contribution in [2.45, 2.75) is 6.04 Å². The average Bonchev–Trinajstić information content (AvgIpc) is 3.23. The lowest BCUT2D eigenvalue weighted by Crippen LogP contribution is -2.44. The number of H-pyrrole nitrogens is 1. The molecule has 1 aliphatic heterocycles. The van der Waals surface area contributed by atoms with Gasteiger partial charge in [0.15, 0.2) is 0 Å². The number of rotatable bonds is 2. The maximum Gasteiger partial charge on any atom is 0.271 e. The maximum atomic E-state index is 13.4. The van der Waals surface area contributed by atoms with Crippen molar-refractivity contribution in [1.82, 2.24) is 19.7 Å². The van der Waals surface area contributed by atoms with E-state index in [4.69, 9.17) is 4.74 Å². The number of aromatic nitrogens is 3. The quantitative estimate of drug-likeness (QED) is 0.785. The molecule has 1 saturated heterocycles. The highest BCUT2D eigenvalue weighted by molar-refractivity contribution is 5.99. The summed E-state index contributed by atoms with van der Waals surface area (Å²) in [5.74, 6) is -0.411. The lowest BCUT2D eigenvalue weighted by molar-refractivity contribution is -0.00437. The molecule has 124 valence electrons. The summed E-state index contributed by atoms with van der Waals surface area (Å²) in [6.07, 6.45) is 1.66. The molecule has 6 nitrogen and oxygen atoms in total. The van der Waals surface area contributed by atoms with E-state index in [0.717, 1.165) is 11.2 Å². The lowest BCUT2D eigenvalue weighted by atomic mass is 10.1. The van der Waals surface area contributed by atoms with Crippen molar-refractivity contribution in [3.05, 3.63) is 53.7 Å². The van der Waals surface area contributed by atoms with Gasteiger partial charge < -0.3 is 14.2 Å². The van der Waals surface area contributed by atoms with Gasteiger partial charge in [0, 0.05) is 30.7 Å². The van der Waals surface area contributed by atoms with Crippen LogP contribution in [0.1, 0.15) is 22.2 Å². The van der Waals surface area contributed by atoms with E-state index >= 15 is 0 Å². The van der Waals surface area contributed by atoms with Gasteiger partial charge in [0.2, 0.25) is 0 Å². The normalized spacial score (nSPS) is 18.2. The first-order chi connectivity index (χ1) is 11.6. The van der Waals surface area contributed by atoms with Crippen LogP contribution in [0, 0.1) is 5.82 Å². The van der Waals surface area contributed by atoms with E-state index in [2.05, 4.69) is 10.2 Å². The van der Waals surface area contributed by atoms with Crippen LogP contribution in [-0.2, 0) is 11.8 Å². The minimum absolute atomic E-state index is 0.1000. The third kappa shape index (κ3) is 2.37. The molecule has 0 radical (unpaired) electrons. The molecule has 7 heteroatoms. The summed E-state index contributed by atoms with van der Waals surface area (Å²) in [7, 11) is 1.82. The lowest BCUT2D eigenvalue weighted by Gasteiger charge is -2.35. The zero-order chi connectivity index (χ0) is 16.7. The molecule has 3 heterocycles. The van der Waals surface area contributed by atoms with Crippen molar-refractivity contribution in [3.63, 3.8) is 0 Å². The SMILES string of the molecule is Cn1c(C(=O)N2CCOC[C@H]2c2ccn[nH]2)cc2cc(F)ccc21. The van der Waals surface area contributed by atoms with Crippen LogP contribution in [0.25, 0.3) is 10.9 Å². The minimum atomic E-state index is -0.311. The Morgan fingerprint density at radius 3 is 3.04 bits per heavy atom. The fourth-order valence-corrected chi connectivity index (χ4v) is 3.23. The molecule has 1 atom stereocenters. The van der Waals surface area contributed by atoms with Gasteiger partial charge in [0.1, 0.15) is 11.5 Å². The summed E-state index contributed by atoms with van der Waals surface area (Å²) in [5.41, 5.74) is 2.20. The number of amides is 1. The van der Waals surface area contributed by atoms with Gasteiger partial charge in [0.25, 0.3) is 5.91 Å². The number of nitrogens with one attached hydrogen (secondary N) is 1. The minimum Gasteiger partial charge on any atom is -0.377 e. The zero-order valence-corrected chi connectivity index (χ0v) is 13.2. The molecular formula is C17H17FN4O2. The first-order valence-electron chi connectivity index (χ1n) is 7.78. The van der Waals surface area contributed by atoms with E-state index in [1.54, 1.807) is 27.8 Å². The second kappa shape index (κ2) is 5.76. The van der Waals surface area contributed by atoms with Crippen molar-refractivity contribution in [2.24, 2.45) is 7.05 Å². The second-order valence-corrected chi connectivity index (χ2v) is 5.89. The van der Waals surface area contributed by atoms with Crippen molar-refractivity contribution >= 4 is 16.8 Å². The third-order valence-electron chi connectivity index (χ3n) is 4.49. The summed E-state index contributed by atoms with van der Waals surface area (Å²) < 4.78 is 20.8. The first kappa shape index (κ1) is 14.9. The number of carbonyl (C=O) groups excluding carboxylic acids is 1. The molecule has 0 bridgehead atoms. The molecule has 2 aromatic heterocycles. The van der Waals surface area contributed by atoms with Crippen LogP contribution in [0.5, 0.6) is 0 Å². The number of carbonyl (C=O) groups is 1. The zero-order valence-electron chi connectivity index (χ0n) is 13.2. The van der Waals surface area contributed by atoms with Gasteiger partial charge in [-0.25, -0.2) is 4.39 Å². The highest BCUT2D eigenvalue weighted by atomic mass is 19.1. The molecule has 0 saturated carbocycles. The molecule has 3 aromatic rings. The highest BCUT2D eigenvalue weighted by Gasteiger charge is 2.31. The molecular weight excluding hydrogens is 311 g/mol. The predicted molar refractivity (Wildman–Crippen MR) is 86.1 cm³/mol.